The Hall–Kier alpha value is -3.20. The van der Waals surface area contributed by atoms with E-state index < -0.39 is 0 Å². The number of nitrogens with zero attached hydrogens (tertiary/aromatic N) is 6. The van der Waals surface area contributed by atoms with Crippen LogP contribution in [-0.4, -0.2) is 61.6 Å². The number of ether oxygens (including phenoxy) is 2. The third-order valence-electron chi connectivity index (χ3n) is 4.98. The number of aromatic nitrogens is 5. The van der Waals surface area contributed by atoms with Gasteiger partial charge in [0.1, 0.15) is 6.10 Å². The number of halogens is 1. The number of hydrogen-bond acceptors (Lipinski definition) is 7. The van der Waals surface area contributed by atoms with Crippen LogP contribution < -0.4 is 9.47 Å². The number of pyridine rings is 2. The van der Waals surface area contributed by atoms with E-state index in [4.69, 9.17) is 21.1 Å². The van der Waals surface area contributed by atoms with Gasteiger partial charge in [-0.2, -0.15) is 15.2 Å². The monoisotopic (exact) mass is 428 g/mol. The number of carbonyl (C=O) groups excluding carboxylic acids is 1. The van der Waals surface area contributed by atoms with Gasteiger partial charge < -0.3 is 14.4 Å². The zero-order valence-electron chi connectivity index (χ0n) is 16.6. The van der Waals surface area contributed by atoms with Gasteiger partial charge >= 0.3 is 0 Å². The Balaban J connectivity index is 1.59. The van der Waals surface area contributed by atoms with Crippen molar-refractivity contribution in [3.05, 3.63) is 53.4 Å². The van der Waals surface area contributed by atoms with Gasteiger partial charge in [-0.15, -0.1) is 4.80 Å². The Kier molecular flexibility index (Phi) is 5.80. The van der Waals surface area contributed by atoms with E-state index in [2.05, 4.69) is 20.2 Å². The smallest absolute Gasteiger partial charge is 0.258 e. The van der Waals surface area contributed by atoms with Gasteiger partial charge in [-0.05, 0) is 31.9 Å². The SMILES string of the molecule is COc1ccc(C(=O)N2C[C@H](Oc3cc(Cl)ccn3)CC[C@H]2C)c(-n2nccn2)n1. The largest absolute Gasteiger partial charge is 0.481 e. The van der Waals surface area contributed by atoms with Gasteiger partial charge in [0, 0.05) is 29.4 Å². The number of carbonyl (C=O) groups is 1. The second-order valence-electron chi connectivity index (χ2n) is 6.98. The summed E-state index contributed by atoms with van der Waals surface area (Å²) in [6.45, 7) is 2.45. The molecular formula is C20H21ClN6O3. The van der Waals surface area contributed by atoms with Crippen molar-refractivity contribution in [2.24, 2.45) is 0 Å². The molecule has 156 valence electrons. The third-order valence-corrected chi connectivity index (χ3v) is 5.22. The number of likely N-dealkylation sites (tertiary alicyclic amines) is 1. The fourth-order valence-electron chi connectivity index (χ4n) is 3.42. The summed E-state index contributed by atoms with van der Waals surface area (Å²) in [7, 11) is 1.52. The van der Waals surface area contributed by atoms with Crippen LogP contribution in [0, 0.1) is 0 Å². The van der Waals surface area contributed by atoms with Crippen molar-refractivity contribution in [1.82, 2.24) is 29.9 Å². The lowest BCUT2D eigenvalue weighted by Crippen LogP contribution is -2.49. The van der Waals surface area contributed by atoms with E-state index in [1.165, 1.54) is 24.3 Å². The average Bonchev–Trinajstić information content (AvgIpc) is 3.29. The molecule has 3 aromatic heterocycles. The Morgan fingerprint density at radius 2 is 1.93 bits per heavy atom. The molecule has 0 N–H and O–H groups in total. The second-order valence-corrected chi connectivity index (χ2v) is 7.42. The van der Waals surface area contributed by atoms with Crippen LogP contribution in [0.25, 0.3) is 5.82 Å². The van der Waals surface area contributed by atoms with Crippen LogP contribution in [0.1, 0.15) is 30.1 Å². The number of amides is 1. The minimum atomic E-state index is -0.186. The molecule has 1 saturated heterocycles. The van der Waals surface area contributed by atoms with Gasteiger partial charge in [-0.3, -0.25) is 4.79 Å². The maximum atomic E-state index is 13.5. The molecule has 1 amide bonds. The topological polar surface area (TPSA) is 95.3 Å². The maximum absolute atomic E-state index is 13.5. The Bertz CT molecular complexity index is 1030. The normalized spacial score (nSPS) is 18.8. The highest BCUT2D eigenvalue weighted by atomic mass is 35.5. The van der Waals surface area contributed by atoms with E-state index in [1.807, 2.05) is 6.92 Å². The highest BCUT2D eigenvalue weighted by Gasteiger charge is 2.32. The Morgan fingerprint density at radius 1 is 1.13 bits per heavy atom. The number of rotatable bonds is 5. The van der Waals surface area contributed by atoms with Gasteiger partial charge in [0.05, 0.1) is 31.6 Å². The molecule has 0 unspecified atom stereocenters. The number of methoxy groups -OCH3 is 1. The number of hydrogen-bond donors (Lipinski definition) is 0. The molecule has 0 saturated carbocycles. The molecule has 0 aliphatic carbocycles. The van der Waals surface area contributed by atoms with Crippen LogP contribution in [0.3, 0.4) is 0 Å². The van der Waals surface area contributed by atoms with Crippen LogP contribution in [-0.2, 0) is 0 Å². The third kappa shape index (κ3) is 4.20. The predicted octanol–water partition coefficient (Wildman–Crippen LogP) is 2.79. The van der Waals surface area contributed by atoms with Gasteiger partial charge in [0.25, 0.3) is 5.91 Å². The van der Waals surface area contributed by atoms with Crippen molar-refractivity contribution in [1.29, 1.82) is 0 Å². The van der Waals surface area contributed by atoms with E-state index in [9.17, 15) is 4.79 Å². The molecule has 0 spiro atoms. The van der Waals surface area contributed by atoms with Gasteiger partial charge in [0.15, 0.2) is 5.82 Å². The van der Waals surface area contributed by atoms with Crippen molar-refractivity contribution < 1.29 is 14.3 Å². The molecule has 0 aromatic carbocycles. The van der Waals surface area contributed by atoms with Crippen LogP contribution in [0.5, 0.6) is 11.8 Å². The highest BCUT2D eigenvalue weighted by Crippen LogP contribution is 2.26. The molecule has 10 heteroatoms. The van der Waals surface area contributed by atoms with Gasteiger partial charge in [0.2, 0.25) is 11.8 Å². The molecule has 9 nitrogen and oxygen atoms in total. The van der Waals surface area contributed by atoms with Gasteiger partial charge in [-0.25, -0.2) is 4.98 Å². The summed E-state index contributed by atoms with van der Waals surface area (Å²) >= 11 is 6.02. The molecule has 3 aromatic rings. The van der Waals surface area contributed by atoms with E-state index >= 15 is 0 Å². The standard InChI is InChI=1S/C20H21ClN6O3/c1-13-3-4-15(30-18-11-14(21)7-8-22-18)12-26(13)20(28)16-5-6-17(29-2)25-19(16)27-23-9-10-24-27/h5-11,13,15H,3-4,12H2,1-2H3/t13-,15-/m1/s1. The number of piperidine rings is 1. The van der Waals surface area contributed by atoms with Crippen LogP contribution in [0.15, 0.2) is 42.9 Å². The highest BCUT2D eigenvalue weighted by molar-refractivity contribution is 6.30. The van der Waals surface area contributed by atoms with Crippen molar-refractivity contribution in [2.75, 3.05) is 13.7 Å². The first kappa shape index (κ1) is 20.1. The van der Waals surface area contributed by atoms with Crippen LogP contribution >= 0.6 is 11.6 Å². The first-order chi connectivity index (χ1) is 14.5. The predicted molar refractivity (Wildman–Crippen MR) is 109 cm³/mol. The van der Waals surface area contributed by atoms with Crippen LogP contribution in [0.4, 0.5) is 0 Å². The second kappa shape index (κ2) is 8.66. The first-order valence-corrected chi connectivity index (χ1v) is 9.94. The maximum Gasteiger partial charge on any atom is 0.258 e. The van der Waals surface area contributed by atoms with Gasteiger partial charge in [-0.1, -0.05) is 11.6 Å². The van der Waals surface area contributed by atoms with E-state index in [0.29, 0.717) is 34.7 Å². The summed E-state index contributed by atoms with van der Waals surface area (Å²) in [6.07, 6.45) is 6.08. The van der Waals surface area contributed by atoms with Crippen molar-refractivity contribution >= 4 is 17.5 Å². The lowest BCUT2D eigenvalue weighted by Gasteiger charge is -2.38. The first-order valence-electron chi connectivity index (χ1n) is 9.56. The zero-order chi connectivity index (χ0) is 21.1. The molecule has 0 radical (unpaired) electrons. The van der Waals surface area contributed by atoms with Crippen molar-refractivity contribution in [3.8, 4) is 17.6 Å². The van der Waals surface area contributed by atoms with Crippen molar-refractivity contribution in [3.63, 3.8) is 0 Å². The molecular weight excluding hydrogens is 408 g/mol. The fraction of sp³-hybridized carbons (Fsp3) is 0.350. The molecule has 1 fully saturated rings. The molecule has 1 aliphatic heterocycles. The molecule has 30 heavy (non-hydrogen) atoms. The molecule has 0 bridgehead atoms. The quantitative estimate of drug-likeness (QED) is 0.616. The average molecular weight is 429 g/mol. The molecule has 2 atom stereocenters. The summed E-state index contributed by atoms with van der Waals surface area (Å²) < 4.78 is 11.2. The summed E-state index contributed by atoms with van der Waals surface area (Å²) in [5.41, 5.74) is 0.389. The Morgan fingerprint density at radius 3 is 2.67 bits per heavy atom. The minimum absolute atomic E-state index is 0.0465. The summed E-state index contributed by atoms with van der Waals surface area (Å²) in [5.74, 6) is 0.967. The summed E-state index contributed by atoms with van der Waals surface area (Å²) in [6, 6.07) is 6.74. The molecule has 4 heterocycles. The fourth-order valence-corrected chi connectivity index (χ4v) is 3.57. The zero-order valence-corrected chi connectivity index (χ0v) is 17.4. The lowest BCUT2D eigenvalue weighted by atomic mass is 10.00. The summed E-state index contributed by atoms with van der Waals surface area (Å²) in [4.78, 5) is 25.1. The minimum Gasteiger partial charge on any atom is -0.481 e. The Labute approximate surface area is 178 Å². The van der Waals surface area contributed by atoms with E-state index in [1.54, 1.807) is 35.4 Å². The molecule has 1 aliphatic rings. The summed E-state index contributed by atoms with van der Waals surface area (Å²) in [5, 5.41) is 8.79. The lowest BCUT2D eigenvalue weighted by molar-refractivity contribution is 0.0372. The van der Waals surface area contributed by atoms with Crippen LogP contribution in [0.2, 0.25) is 5.02 Å². The van der Waals surface area contributed by atoms with E-state index in [0.717, 1.165) is 12.8 Å². The van der Waals surface area contributed by atoms with Crippen molar-refractivity contribution in [2.45, 2.75) is 31.9 Å². The molecule has 4 rings (SSSR count). The van der Waals surface area contributed by atoms with E-state index in [-0.39, 0.29) is 18.1 Å².